The number of aliphatic hydroxyl groups is 1. The molecule has 0 aliphatic rings. The Labute approximate surface area is 98.9 Å². The van der Waals surface area contributed by atoms with Gasteiger partial charge in [-0.15, -0.1) is 0 Å². The molecule has 0 spiro atoms. The molecule has 0 amide bonds. The minimum Gasteiger partial charge on any atom is -0.391 e. The fourth-order valence-electron chi connectivity index (χ4n) is 1.05. The summed E-state index contributed by atoms with van der Waals surface area (Å²) in [6.07, 6.45) is 3.30. The van der Waals surface area contributed by atoms with Crippen LogP contribution in [0.5, 0.6) is 0 Å². The minimum absolute atomic E-state index is 0.116. The zero-order valence-electron chi connectivity index (χ0n) is 10.5. The van der Waals surface area contributed by atoms with Crippen molar-refractivity contribution in [1.29, 1.82) is 0 Å². The molecule has 0 heterocycles. The molecule has 0 aromatic rings. The summed E-state index contributed by atoms with van der Waals surface area (Å²) in [5, 5.41) is 9.13. The molecule has 0 rings (SSSR count). The molecule has 1 N–H and O–H groups in total. The van der Waals surface area contributed by atoms with E-state index >= 15 is 0 Å². The first-order valence-corrected chi connectivity index (χ1v) is 5.71. The molecule has 0 aromatic heterocycles. The smallest absolute Gasteiger partial charge is 0.104 e. The Bertz CT molecular complexity index is 129. The summed E-state index contributed by atoms with van der Waals surface area (Å²) in [6.45, 7) is 8.06. The molecule has 1 atom stereocenters. The Morgan fingerprint density at radius 2 is 1.50 bits per heavy atom. The third-order valence-corrected chi connectivity index (χ3v) is 1.75. The van der Waals surface area contributed by atoms with E-state index in [1.54, 1.807) is 6.92 Å². The molecule has 0 aromatic carbocycles. The molecule has 2 radical (unpaired) electrons. The van der Waals surface area contributed by atoms with E-state index in [0.717, 1.165) is 0 Å². The number of aliphatic hydroxyl groups excluding tert-OH is 1. The Morgan fingerprint density at radius 3 is 1.88 bits per heavy atom. The molecule has 1 unspecified atom stereocenters. The van der Waals surface area contributed by atoms with Gasteiger partial charge in [0.25, 0.3) is 0 Å². The topological polar surface area (TPSA) is 47.9 Å². The fourth-order valence-corrected chi connectivity index (χ4v) is 1.05. The number of hydrogen-bond donors (Lipinski definition) is 1. The third kappa shape index (κ3) is 10.4. The highest BCUT2D eigenvalue weighted by molar-refractivity contribution is 4.61. The van der Waals surface area contributed by atoms with Crippen LogP contribution in [0.3, 0.4) is 0 Å². The predicted molar refractivity (Wildman–Crippen MR) is 63.0 cm³/mol. The van der Waals surface area contributed by atoms with Crippen LogP contribution in [0.25, 0.3) is 0 Å². The number of rotatable bonds is 11. The van der Waals surface area contributed by atoms with Gasteiger partial charge >= 0.3 is 0 Å². The number of ether oxygens (including phenoxy) is 3. The summed E-state index contributed by atoms with van der Waals surface area (Å²) >= 11 is 0. The molecule has 0 fully saturated rings. The molecule has 96 valence electrons. The maximum Gasteiger partial charge on any atom is 0.104 e. The van der Waals surface area contributed by atoms with Crippen molar-refractivity contribution < 1.29 is 19.3 Å². The molecular formula is C12H24O4. The van der Waals surface area contributed by atoms with Gasteiger partial charge in [0.2, 0.25) is 0 Å². The van der Waals surface area contributed by atoms with Gasteiger partial charge in [0, 0.05) is 13.2 Å². The van der Waals surface area contributed by atoms with Gasteiger partial charge in [0.15, 0.2) is 0 Å². The second-order valence-electron chi connectivity index (χ2n) is 3.70. The van der Waals surface area contributed by atoms with Crippen LogP contribution in [-0.4, -0.2) is 50.3 Å². The summed E-state index contributed by atoms with van der Waals surface area (Å²) in [7, 11) is 0. The molecule has 0 aliphatic carbocycles. The predicted octanol–water partition coefficient (Wildman–Crippen LogP) is 1.23. The van der Waals surface area contributed by atoms with Crippen molar-refractivity contribution in [2.75, 3.05) is 33.0 Å². The zero-order valence-corrected chi connectivity index (χ0v) is 10.5. The molecule has 0 saturated heterocycles. The highest BCUT2D eigenvalue weighted by atomic mass is 16.6. The lowest BCUT2D eigenvalue weighted by Gasteiger charge is -2.18. The number of hydrogen-bond acceptors (Lipinski definition) is 4. The second kappa shape index (κ2) is 11.3. The van der Waals surface area contributed by atoms with Gasteiger partial charge in [-0.05, 0) is 19.8 Å². The van der Waals surface area contributed by atoms with E-state index in [9.17, 15) is 0 Å². The van der Waals surface area contributed by atoms with E-state index in [1.807, 2.05) is 26.7 Å². The minimum atomic E-state index is -0.460. The molecule has 4 nitrogen and oxygen atoms in total. The summed E-state index contributed by atoms with van der Waals surface area (Å²) in [6, 6.07) is 0. The Kier molecular flexibility index (Phi) is 11.2. The third-order valence-electron chi connectivity index (χ3n) is 1.75. The fraction of sp³-hybridized carbons (Fsp3) is 0.833. The average molecular weight is 232 g/mol. The van der Waals surface area contributed by atoms with Gasteiger partial charge in [-0.2, -0.15) is 0 Å². The van der Waals surface area contributed by atoms with Crippen LogP contribution in [0.4, 0.5) is 0 Å². The van der Waals surface area contributed by atoms with Gasteiger partial charge in [0.05, 0.1) is 25.9 Å². The SMILES string of the molecule is C[CH]COCC(COC[CH]C)OCC(C)O. The van der Waals surface area contributed by atoms with Crippen LogP contribution >= 0.6 is 0 Å². The Morgan fingerprint density at radius 1 is 1.00 bits per heavy atom. The normalized spacial score (nSPS) is 13.3. The highest BCUT2D eigenvalue weighted by Gasteiger charge is 2.11. The van der Waals surface area contributed by atoms with E-state index in [4.69, 9.17) is 19.3 Å². The van der Waals surface area contributed by atoms with Crippen molar-refractivity contribution in [2.24, 2.45) is 0 Å². The summed E-state index contributed by atoms with van der Waals surface area (Å²) < 4.78 is 16.2. The van der Waals surface area contributed by atoms with Crippen LogP contribution in [0.2, 0.25) is 0 Å². The van der Waals surface area contributed by atoms with Gasteiger partial charge < -0.3 is 19.3 Å². The van der Waals surface area contributed by atoms with E-state index in [0.29, 0.717) is 33.0 Å². The highest BCUT2D eigenvalue weighted by Crippen LogP contribution is 1.98. The van der Waals surface area contributed by atoms with E-state index in [1.165, 1.54) is 0 Å². The summed E-state index contributed by atoms with van der Waals surface area (Å²) in [5.74, 6) is 0. The summed E-state index contributed by atoms with van der Waals surface area (Å²) in [5.41, 5.74) is 0. The first kappa shape index (κ1) is 15.8. The largest absolute Gasteiger partial charge is 0.391 e. The van der Waals surface area contributed by atoms with Crippen molar-refractivity contribution in [3.05, 3.63) is 12.8 Å². The van der Waals surface area contributed by atoms with Crippen LogP contribution in [0, 0.1) is 12.8 Å². The van der Waals surface area contributed by atoms with Crippen molar-refractivity contribution in [1.82, 2.24) is 0 Å². The Balaban J connectivity index is 3.67. The quantitative estimate of drug-likeness (QED) is 0.544. The molecule has 16 heavy (non-hydrogen) atoms. The van der Waals surface area contributed by atoms with E-state index < -0.39 is 6.10 Å². The lowest BCUT2D eigenvalue weighted by molar-refractivity contribution is -0.0743. The lowest BCUT2D eigenvalue weighted by atomic mass is 10.3. The van der Waals surface area contributed by atoms with Crippen molar-refractivity contribution in [3.8, 4) is 0 Å². The van der Waals surface area contributed by atoms with Gasteiger partial charge in [-0.1, -0.05) is 13.8 Å². The van der Waals surface area contributed by atoms with Gasteiger partial charge in [-0.25, -0.2) is 0 Å². The van der Waals surface area contributed by atoms with Crippen LogP contribution in [0.15, 0.2) is 0 Å². The van der Waals surface area contributed by atoms with Crippen LogP contribution < -0.4 is 0 Å². The van der Waals surface area contributed by atoms with Crippen molar-refractivity contribution in [2.45, 2.75) is 33.0 Å². The van der Waals surface area contributed by atoms with Crippen LogP contribution in [-0.2, 0) is 14.2 Å². The van der Waals surface area contributed by atoms with E-state index in [-0.39, 0.29) is 6.10 Å². The monoisotopic (exact) mass is 232 g/mol. The first-order chi connectivity index (χ1) is 7.70. The van der Waals surface area contributed by atoms with E-state index in [2.05, 4.69) is 0 Å². The van der Waals surface area contributed by atoms with Gasteiger partial charge in [-0.3, -0.25) is 0 Å². The van der Waals surface area contributed by atoms with Gasteiger partial charge in [0.1, 0.15) is 6.10 Å². The average Bonchev–Trinajstić information content (AvgIpc) is 2.25. The van der Waals surface area contributed by atoms with Crippen LogP contribution in [0.1, 0.15) is 20.8 Å². The maximum atomic E-state index is 9.13. The summed E-state index contributed by atoms with van der Waals surface area (Å²) in [4.78, 5) is 0. The first-order valence-electron chi connectivity index (χ1n) is 5.71. The molecule has 0 aliphatic heterocycles. The molecule has 4 heteroatoms. The van der Waals surface area contributed by atoms with Crippen molar-refractivity contribution in [3.63, 3.8) is 0 Å². The Hall–Kier alpha value is -0.160. The molecule has 0 bridgehead atoms. The van der Waals surface area contributed by atoms with Crippen molar-refractivity contribution >= 4 is 0 Å². The molecule has 0 saturated carbocycles. The zero-order chi connectivity index (χ0) is 12.2. The lowest BCUT2D eigenvalue weighted by Crippen LogP contribution is -2.29. The standard InChI is InChI=1S/C12H24O4/c1-4-6-14-9-12(10-15-7-5-2)16-8-11(3)13/h4-5,11-13H,6-10H2,1-3H3. The molecular weight excluding hydrogens is 208 g/mol. The maximum absolute atomic E-state index is 9.13. The second-order valence-corrected chi connectivity index (χ2v) is 3.70.